The number of nitrogens with zero attached hydrogens (tertiary/aromatic N) is 3. The van der Waals surface area contributed by atoms with Crippen molar-refractivity contribution in [3.8, 4) is 0 Å². The van der Waals surface area contributed by atoms with E-state index in [4.69, 9.17) is 0 Å². The van der Waals surface area contributed by atoms with Gasteiger partial charge in [0.1, 0.15) is 0 Å². The van der Waals surface area contributed by atoms with E-state index in [0.717, 1.165) is 37.8 Å². The van der Waals surface area contributed by atoms with Crippen LogP contribution in [0, 0.1) is 0 Å². The van der Waals surface area contributed by atoms with Crippen LogP contribution < -0.4 is 0 Å². The Morgan fingerprint density at radius 2 is 1.89 bits per heavy atom. The van der Waals surface area contributed by atoms with Crippen LogP contribution in [0.1, 0.15) is 76.4 Å². The number of aryl methyl sites for hydroxylation is 1. The van der Waals surface area contributed by atoms with Gasteiger partial charge in [-0.3, -0.25) is 0 Å². The Morgan fingerprint density at radius 3 is 2.63 bits per heavy atom. The standard InChI is InChI=1S/C15H27N3O/c1-2-3-4-5-6-7-13-12-18(17-16-13)14-8-10-15(19)11-9-14/h12,14-15,19H,2-11H2,1H3. The van der Waals surface area contributed by atoms with Gasteiger partial charge in [-0.2, -0.15) is 0 Å². The van der Waals surface area contributed by atoms with Gasteiger partial charge in [0.25, 0.3) is 0 Å². The summed E-state index contributed by atoms with van der Waals surface area (Å²) in [5, 5.41) is 18.1. The van der Waals surface area contributed by atoms with Crippen molar-refractivity contribution in [1.29, 1.82) is 0 Å². The van der Waals surface area contributed by atoms with E-state index in [1.165, 1.54) is 32.1 Å². The maximum Gasteiger partial charge on any atom is 0.0827 e. The van der Waals surface area contributed by atoms with Crippen molar-refractivity contribution in [3.05, 3.63) is 11.9 Å². The molecule has 0 unspecified atom stereocenters. The summed E-state index contributed by atoms with van der Waals surface area (Å²) in [6.45, 7) is 2.24. The molecule has 0 aromatic carbocycles. The van der Waals surface area contributed by atoms with Gasteiger partial charge in [-0.05, 0) is 38.5 Å². The summed E-state index contributed by atoms with van der Waals surface area (Å²) in [4.78, 5) is 0. The lowest BCUT2D eigenvalue weighted by molar-refractivity contribution is 0.107. The van der Waals surface area contributed by atoms with Gasteiger partial charge in [0, 0.05) is 6.20 Å². The van der Waals surface area contributed by atoms with Crippen molar-refractivity contribution < 1.29 is 5.11 Å². The number of hydrogen-bond donors (Lipinski definition) is 1. The maximum absolute atomic E-state index is 9.52. The third-order valence-electron chi connectivity index (χ3n) is 4.13. The highest BCUT2D eigenvalue weighted by Crippen LogP contribution is 2.27. The number of rotatable bonds is 7. The number of unbranched alkanes of at least 4 members (excludes halogenated alkanes) is 4. The number of aromatic nitrogens is 3. The molecular weight excluding hydrogens is 238 g/mol. The summed E-state index contributed by atoms with van der Waals surface area (Å²) in [6.07, 6.45) is 13.4. The first kappa shape index (κ1) is 14.5. The SMILES string of the molecule is CCCCCCCc1cn(C2CCC(O)CC2)nn1. The topological polar surface area (TPSA) is 50.9 Å². The Bertz CT molecular complexity index is 356. The van der Waals surface area contributed by atoms with E-state index >= 15 is 0 Å². The quantitative estimate of drug-likeness (QED) is 0.770. The summed E-state index contributed by atoms with van der Waals surface area (Å²) < 4.78 is 2.02. The molecule has 0 atom stereocenters. The van der Waals surface area contributed by atoms with Crippen LogP contribution in [-0.2, 0) is 6.42 Å². The third kappa shape index (κ3) is 4.60. The smallest absolute Gasteiger partial charge is 0.0827 e. The fourth-order valence-electron chi connectivity index (χ4n) is 2.84. The molecule has 2 rings (SSSR count). The lowest BCUT2D eigenvalue weighted by Crippen LogP contribution is -2.21. The minimum absolute atomic E-state index is 0.0993. The summed E-state index contributed by atoms with van der Waals surface area (Å²) >= 11 is 0. The molecule has 4 nitrogen and oxygen atoms in total. The van der Waals surface area contributed by atoms with Crippen LogP contribution in [-0.4, -0.2) is 26.2 Å². The molecule has 1 saturated carbocycles. The molecule has 1 aromatic heterocycles. The van der Waals surface area contributed by atoms with Crippen molar-refractivity contribution in [3.63, 3.8) is 0 Å². The zero-order valence-corrected chi connectivity index (χ0v) is 12.1. The second-order valence-corrected chi connectivity index (χ2v) is 5.82. The van der Waals surface area contributed by atoms with Crippen LogP contribution in [0.25, 0.3) is 0 Å². The van der Waals surface area contributed by atoms with Crippen LogP contribution >= 0.6 is 0 Å². The first-order valence-corrected chi connectivity index (χ1v) is 7.88. The predicted octanol–water partition coefficient (Wildman–Crippen LogP) is 3.27. The Morgan fingerprint density at radius 1 is 1.16 bits per heavy atom. The lowest BCUT2D eigenvalue weighted by Gasteiger charge is -2.24. The van der Waals surface area contributed by atoms with Crippen molar-refractivity contribution in [2.75, 3.05) is 0 Å². The summed E-state index contributed by atoms with van der Waals surface area (Å²) in [5.74, 6) is 0. The predicted molar refractivity (Wildman–Crippen MR) is 76.0 cm³/mol. The highest BCUT2D eigenvalue weighted by molar-refractivity contribution is 4.94. The van der Waals surface area contributed by atoms with Crippen LogP contribution in [0.4, 0.5) is 0 Å². The fourth-order valence-corrected chi connectivity index (χ4v) is 2.84. The number of aliphatic hydroxyl groups is 1. The molecule has 108 valence electrons. The van der Waals surface area contributed by atoms with Gasteiger partial charge in [0.15, 0.2) is 0 Å². The zero-order valence-electron chi connectivity index (χ0n) is 12.1. The van der Waals surface area contributed by atoms with E-state index < -0.39 is 0 Å². The normalized spacial score (nSPS) is 23.7. The Kier molecular flexibility index (Phi) is 5.83. The lowest BCUT2D eigenvalue weighted by atomic mass is 9.93. The molecule has 1 aromatic rings. The minimum Gasteiger partial charge on any atom is -0.393 e. The van der Waals surface area contributed by atoms with E-state index in [-0.39, 0.29) is 6.10 Å². The summed E-state index contributed by atoms with van der Waals surface area (Å²) in [7, 11) is 0. The van der Waals surface area contributed by atoms with Gasteiger partial charge in [-0.1, -0.05) is 37.8 Å². The molecule has 1 aliphatic rings. The molecular formula is C15H27N3O. The van der Waals surface area contributed by atoms with Crippen LogP contribution in [0.15, 0.2) is 6.20 Å². The van der Waals surface area contributed by atoms with Gasteiger partial charge in [0.2, 0.25) is 0 Å². The molecule has 19 heavy (non-hydrogen) atoms. The average Bonchev–Trinajstić information content (AvgIpc) is 2.88. The van der Waals surface area contributed by atoms with Gasteiger partial charge < -0.3 is 5.11 Å². The van der Waals surface area contributed by atoms with E-state index in [1.807, 2.05) is 4.68 Å². The number of aliphatic hydroxyl groups excluding tert-OH is 1. The minimum atomic E-state index is -0.0993. The van der Waals surface area contributed by atoms with Crippen LogP contribution in [0.5, 0.6) is 0 Å². The summed E-state index contributed by atoms with van der Waals surface area (Å²) in [6, 6.07) is 0.449. The second-order valence-electron chi connectivity index (χ2n) is 5.82. The highest BCUT2D eigenvalue weighted by Gasteiger charge is 2.21. The molecule has 0 aliphatic heterocycles. The van der Waals surface area contributed by atoms with Gasteiger partial charge in [-0.25, -0.2) is 4.68 Å². The Balaban J connectivity index is 1.72. The first-order chi connectivity index (χ1) is 9.29. The molecule has 1 aliphatic carbocycles. The van der Waals surface area contributed by atoms with E-state index in [0.29, 0.717) is 6.04 Å². The third-order valence-corrected chi connectivity index (χ3v) is 4.13. The van der Waals surface area contributed by atoms with E-state index in [1.54, 1.807) is 0 Å². The zero-order chi connectivity index (χ0) is 13.5. The molecule has 4 heteroatoms. The molecule has 1 heterocycles. The van der Waals surface area contributed by atoms with Gasteiger partial charge in [0.05, 0.1) is 17.8 Å². The second kappa shape index (κ2) is 7.63. The van der Waals surface area contributed by atoms with E-state index in [2.05, 4.69) is 23.4 Å². The molecule has 0 spiro atoms. The Hall–Kier alpha value is -0.900. The highest BCUT2D eigenvalue weighted by atomic mass is 16.3. The first-order valence-electron chi connectivity index (χ1n) is 7.88. The van der Waals surface area contributed by atoms with Gasteiger partial charge >= 0.3 is 0 Å². The number of hydrogen-bond acceptors (Lipinski definition) is 3. The van der Waals surface area contributed by atoms with Crippen molar-refractivity contribution in [1.82, 2.24) is 15.0 Å². The fraction of sp³-hybridized carbons (Fsp3) is 0.867. The van der Waals surface area contributed by atoms with Crippen LogP contribution in [0.3, 0.4) is 0 Å². The molecule has 1 N–H and O–H groups in total. The van der Waals surface area contributed by atoms with Crippen molar-refractivity contribution >= 4 is 0 Å². The van der Waals surface area contributed by atoms with Crippen LogP contribution in [0.2, 0.25) is 0 Å². The largest absolute Gasteiger partial charge is 0.393 e. The Labute approximate surface area is 116 Å². The molecule has 0 saturated heterocycles. The monoisotopic (exact) mass is 265 g/mol. The summed E-state index contributed by atoms with van der Waals surface area (Å²) in [5.41, 5.74) is 1.13. The molecule has 0 amide bonds. The van der Waals surface area contributed by atoms with Crippen molar-refractivity contribution in [2.24, 2.45) is 0 Å². The molecule has 0 radical (unpaired) electrons. The van der Waals surface area contributed by atoms with Crippen molar-refractivity contribution in [2.45, 2.75) is 83.3 Å². The van der Waals surface area contributed by atoms with Gasteiger partial charge in [-0.15, -0.1) is 5.10 Å². The maximum atomic E-state index is 9.52. The molecule has 1 fully saturated rings. The van der Waals surface area contributed by atoms with E-state index in [9.17, 15) is 5.11 Å². The average molecular weight is 265 g/mol. The molecule has 0 bridgehead atoms.